The van der Waals surface area contributed by atoms with Crippen LogP contribution in [0.25, 0.3) is 0 Å². The molecular weight excluding hydrogens is 180 g/mol. The van der Waals surface area contributed by atoms with E-state index in [0.29, 0.717) is 18.1 Å². The van der Waals surface area contributed by atoms with Gasteiger partial charge in [-0.25, -0.2) is 4.79 Å². The van der Waals surface area contributed by atoms with Crippen molar-refractivity contribution in [3.05, 3.63) is 23.8 Å². The van der Waals surface area contributed by atoms with Crippen molar-refractivity contribution < 1.29 is 14.6 Å². The highest BCUT2D eigenvalue weighted by atomic mass is 16.5. The van der Waals surface area contributed by atoms with Crippen molar-refractivity contribution in [2.45, 2.75) is 20.3 Å². The Hall–Kier alpha value is -1.09. The summed E-state index contributed by atoms with van der Waals surface area (Å²) in [6.45, 7) is 4.25. The molecule has 0 fully saturated rings. The summed E-state index contributed by atoms with van der Waals surface area (Å²) in [7, 11) is 1.64. The maximum absolute atomic E-state index is 10.5. The van der Waals surface area contributed by atoms with Gasteiger partial charge in [-0.2, -0.15) is 0 Å². The minimum absolute atomic E-state index is 0.347. The van der Waals surface area contributed by atoms with E-state index in [1.54, 1.807) is 20.1 Å². The zero-order valence-electron chi connectivity index (χ0n) is 8.99. The molecule has 0 aliphatic carbocycles. The SMILES string of the molecule is COC/C=C/C(C)C/C=C(\C)C(=O)O. The second-order valence-electron chi connectivity index (χ2n) is 3.29. The number of carboxylic acids is 1. The number of carboxylic acid groups (broad SMARTS) is 1. The molecule has 3 nitrogen and oxygen atoms in total. The average molecular weight is 198 g/mol. The molecular formula is C11H18O3. The predicted molar refractivity (Wildman–Crippen MR) is 56.2 cm³/mol. The van der Waals surface area contributed by atoms with Gasteiger partial charge in [-0.05, 0) is 19.3 Å². The maximum Gasteiger partial charge on any atom is 0.330 e. The largest absolute Gasteiger partial charge is 0.478 e. The molecule has 1 unspecified atom stereocenters. The summed E-state index contributed by atoms with van der Waals surface area (Å²) in [6, 6.07) is 0. The molecule has 0 aliphatic rings. The molecule has 0 spiro atoms. The number of ether oxygens (including phenoxy) is 1. The van der Waals surface area contributed by atoms with Crippen molar-refractivity contribution in [3.8, 4) is 0 Å². The van der Waals surface area contributed by atoms with E-state index >= 15 is 0 Å². The van der Waals surface area contributed by atoms with Crippen LogP contribution in [0.15, 0.2) is 23.8 Å². The molecule has 0 saturated carbocycles. The number of hydrogen-bond donors (Lipinski definition) is 1. The third-order valence-corrected chi connectivity index (χ3v) is 1.86. The van der Waals surface area contributed by atoms with Crippen LogP contribution in [0.3, 0.4) is 0 Å². The van der Waals surface area contributed by atoms with Crippen LogP contribution in [0, 0.1) is 5.92 Å². The molecule has 0 aromatic rings. The summed E-state index contributed by atoms with van der Waals surface area (Å²) in [5.74, 6) is -0.502. The van der Waals surface area contributed by atoms with Gasteiger partial charge in [-0.3, -0.25) is 0 Å². The first-order valence-corrected chi connectivity index (χ1v) is 4.63. The fourth-order valence-corrected chi connectivity index (χ4v) is 0.913. The summed E-state index contributed by atoms with van der Waals surface area (Å²) in [4.78, 5) is 10.5. The number of hydrogen-bond acceptors (Lipinski definition) is 2. The highest BCUT2D eigenvalue weighted by Crippen LogP contribution is 2.07. The third-order valence-electron chi connectivity index (χ3n) is 1.86. The van der Waals surface area contributed by atoms with E-state index in [9.17, 15) is 4.79 Å². The first-order chi connectivity index (χ1) is 6.57. The minimum atomic E-state index is -0.849. The molecule has 0 saturated heterocycles. The maximum atomic E-state index is 10.5. The Bertz CT molecular complexity index is 229. The molecule has 0 radical (unpaired) electrons. The molecule has 3 heteroatoms. The zero-order valence-corrected chi connectivity index (χ0v) is 8.99. The van der Waals surface area contributed by atoms with Gasteiger partial charge in [0.1, 0.15) is 0 Å². The first kappa shape index (κ1) is 12.9. The van der Waals surface area contributed by atoms with Gasteiger partial charge < -0.3 is 9.84 Å². The molecule has 80 valence electrons. The van der Waals surface area contributed by atoms with Crippen LogP contribution in [0.4, 0.5) is 0 Å². The molecule has 14 heavy (non-hydrogen) atoms. The summed E-state index contributed by atoms with van der Waals surface area (Å²) < 4.78 is 4.86. The van der Waals surface area contributed by atoms with Crippen LogP contribution in [-0.4, -0.2) is 24.8 Å². The van der Waals surface area contributed by atoms with Crippen molar-refractivity contribution in [1.82, 2.24) is 0 Å². The Kier molecular flexibility index (Phi) is 6.76. The lowest BCUT2D eigenvalue weighted by Gasteiger charge is -2.01. The molecule has 0 amide bonds. The van der Waals surface area contributed by atoms with E-state index in [4.69, 9.17) is 9.84 Å². The summed E-state index contributed by atoms with van der Waals surface area (Å²) in [6.07, 6.45) is 6.45. The Balaban J connectivity index is 3.89. The number of allylic oxidation sites excluding steroid dienone is 2. The molecule has 0 aliphatic heterocycles. The fourth-order valence-electron chi connectivity index (χ4n) is 0.913. The third kappa shape index (κ3) is 6.43. The van der Waals surface area contributed by atoms with Crippen molar-refractivity contribution in [2.24, 2.45) is 5.92 Å². The van der Waals surface area contributed by atoms with Gasteiger partial charge >= 0.3 is 5.97 Å². The smallest absolute Gasteiger partial charge is 0.330 e. The monoisotopic (exact) mass is 198 g/mol. The normalized spacial score (nSPS) is 14.6. The van der Waals surface area contributed by atoms with E-state index in [1.165, 1.54) is 0 Å². The lowest BCUT2D eigenvalue weighted by Crippen LogP contribution is -1.97. The summed E-state index contributed by atoms with van der Waals surface area (Å²) in [5.41, 5.74) is 0.400. The Labute approximate surface area is 85.1 Å². The quantitative estimate of drug-likeness (QED) is 0.526. The highest BCUT2D eigenvalue weighted by Gasteiger charge is 2.00. The molecule has 0 aromatic heterocycles. The Morgan fingerprint density at radius 1 is 1.57 bits per heavy atom. The minimum Gasteiger partial charge on any atom is -0.478 e. The predicted octanol–water partition coefficient (Wildman–Crippen LogP) is 2.25. The fraction of sp³-hybridized carbons (Fsp3) is 0.545. The number of carbonyl (C=O) groups is 1. The van der Waals surface area contributed by atoms with E-state index < -0.39 is 5.97 Å². The molecule has 1 atom stereocenters. The Morgan fingerprint density at radius 2 is 2.21 bits per heavy atom. The highest BCUT2D eigenvalue weighted by molar-refractivity contribution is 5.85. The number of aliphatic carboxylic acids is 1. The number of methoxy groups -OCH3 is 1. The van der Waals surface area contributed by atoms with Crippen molar-refractivity contribution in [3.63, 3.8) is 0 Å². The molecule has 0 bridgehead atoms. The van der Waals surface area contributed by atoms with Crippen LogP contribution in [0.1, 0.15) is 20.3 Å². The van der Waals surface area contributed by atoms with Gasteiger partial charge in [0.15, 0.2) is 0 Å². The standard InChI is InChI=1S/C11H18O3/c1-9(5-4-8-14-3)6-7-10(2)11(12)13/h4-5,7,9H,6,8H2,1-3H3,(H,12,13)/b5-4+,10-7+. The van der Waals surface area contributed by atoms with Crippen LogP contribution in [0.2, 0.25) is 0 Å². The van der Waals surface area contributed by atoms with Crippen molar-refractivity contribution in [1.29, 1.82) is 0 Å². The zero-order chi connectivity index (χ0) is 11.0. The molecule has 0 heterocycles. The first-order valence-electron chi connectivity index (χ1n) is 4.63. The number of rotatable bonds is 6. The van der Waals surface area contributed by atoms with E-state index in [1.807, 2.05) is 19.1 Å². The van der Waals surface area contributed by atoms with E-state index in [2.05, 4.69) is 0 Å². The van der Waals surface area contributed by atoms with Gasteiger partial charge in [-0.1, -0.05) is 25.2 Å². The van der Waals surface area contributed by atoms with E-state index in [-0.39, 0.29) is 0 Å². The second kappa shape index (κ2) is 7.33. The van der Waals surface area contributed by atoms with Crippen LogP contribution in [-0.2, 0) is 9.53 Å². The Morgan fingerprint density at radius 3 is 2.71 bits per heavy atom. The molecule has 0 rings (SSSR count). The summed E-state index contributed by atoms with van der Waals surface area (Å²) >= 11 is 0. The van der Waals surface area contributed by atoms with Crippen LogP contribution < -0.4 is 0 Å². The van der Waals surface area contributed by atoms with Gasteiger partial charge in [0.05, 0.1) is 6.61 Å². The van der Waals surface area contributed by atoms with Crippen LogP contribution >= 0.6 is 0 Å². The lowest BCUT2D eigenvalue weighted by atomic mass is 10.1. The lowest BCUT2D eigenvalue weighted by molar-refractivity contribution is -0.132. The van der Waals surface area contributed by atoms with Gasteiger partial charge in [-0.15, -0.1) is 0 Å². The topological polar surface area (TPSA) is 46.5 Å². The average Bonchev–Trinajstić information content (AvgIpc) is 2.14. The van der Waals surface area contributed by atoms with Gasteiger partial charge in [0.2, 0.25) is 0 Å². The molecule has 0 aromatic carbocycles. The van der Waals surface area contributed by atoms with Crippen molar-refractivity contribution in [2.75, 3.05) is 13.7 Å². The van der Waals surface area contributed by atoms with Gasteiger partial charge in [0, 0.05) is 12.7 Å². The second-order valence-corrected chi connectivity index (χ2v) is 3.29. The molecule has 1 N–H and O–H groups in total. The van der Waals surface area contributed by atoms with E-state index in [0.717, 1.165) is 6.42 Å². The van der Waals surface area contributed by atoms with Gasteiger partial charge in [0.25, 0.3) is 0 Å². The summed E-state index contributed by atoms with van der Waals surface area (Å²) in [5, 5.41) is 8.60. The van der Waals surface area contributed by atoms with Crippen LogP contribution in [0.5, 0.6) is 0 Å². The van der Waals surface area contributed by atoms with Crippen molar-refractivity contribution >= 4 is 5.97 Å².